The fraction of sp³-hybridized carbons (Fsp3) is 0.562. The van der Waals surface area contributed by atoms with Gasteiger partial charge in [0, 0.05) is 6.54 Å². The first-order valence-electron chi connectivity index (χ1n) is 7.64. The first-order chi connectivity index (χ1) is 9.79. The molecule has 1 fully saturated rings. The van der Waals surface area contributed by atoms with E-state index < -0.39 is 0 Å². The first kappa shape index (κ1) is 13.7. The third-order valence-electron chi connectivity index (χ3n) is 4.22. The number of ether oxygens (including phenoxy) is 1. The Bertz CT molecular complexity index is 639. The molecule has 4 heteroatoms. The summed E-state index contributed by atoms with van der Waals surface area (Å²) < 4.78 is 8.84. The summed E-state index contributed by atoms with van der Waals surface area (Å²) >= 11 is 5.48. The Hall–Kier alpha value is -1.29. The fourth-order valence-corrected chi connectivity index (χ4v) is 3.09. The van der Waals surface area contributed by atoms with Gasteiger partial charge < -0.3 is 14.3 Å². The van der Waals surface area contributed by atoms with Gasteiger partial charge >= 0.3 is 0 Å². The van der Waals surface area contributed by atoms with Crippen LogP contribution in [0.5, 0.6) is 5.75 Å². The lowest BCUT2D eigenvalue weighted by Gasteiger charge is -2.25. The number of benzene rings is 1. The Balaban J connectivity index is 1.87. The number of aryl methyl sites for hydroxylation is 1. The van der Waals surface area contributed by atoms with Crippen molar-refractivity contribution in [2.24, 2.45) is 5.92 Å². The third kappa shape index (κ3) is 2.62. The summed E-state index contributed by atoms with van der Waals surface area (Å²) in [5, 5.41) is 0. The number of H-pyrrole nitrogens is 1. The summed E-state index contributed by atoms with van der Waals surface area (Å²) in [6.45, 7) is 3.87. The van der Waals surface area contributed by atoms with Crippen LogP contribution < -0.4 is 4.74 Å². The van der Waals surface area contributed by atoms with Gasteiger partial charge in [-0.1, -0.05) is 32.3 Å². The van der Waals surface area contributed by atoms with Crippen molar-refractivity contribution in [2.75, 3.05) is 6.61 Å². The van der Waals surface area contributed by atoms with E-state index in [2.05, 4.69) is 28.6 Å². The van der Waals surface area contributed by atoms with E-state index in [4.69, 9.17) is 17.0 Å². The molecule has 2 aromatic rings. The number of rotatable bonds is 6. The maximum absolute atomic E-state index is 5.80. The zero-order valence-corrected chi connectivity index (χ0v) is 12.8. The topological polar surface area (TPSA) is 29.9 Å². The van der Waals surface area contributed by atoms with Crippen molar-refractivity contribution >= 4 is 23.3 Å². The molecule has 3 nitrogen and oxygen atoms in total. The van der Waals surface area contributed by atoms with E-state index in [1.54, 1.807) is 0 Å². The number of hydrogen-bond acceptors (Lipinski definition) is 2. The van der Waals surface area contributed by atoms with Gasteiger partial charge in [0.25, 0.3) is 0 Å². The lowest BCUT2D eigenvalue weighted by molar-refractivity contribution is 0.283. The predicted molar refractivity (Wildman–Crippen MR) is 84.9 cm³/mol. The molecule has 1 aromatic heterocycles. The molecule has 0 bridgehead atoms. The molecule has 0 aliphatic heterocycles. The molecule has 1 saturated carbocycles. The molecule has 108 valence electrons. The number of aromatic nitrogens is 2. The van der Waals surface area contributed by atoms with Gasteiger partial charge in [-0.25, -0.2) is 0 Å². The van der Waals surface area contributed by atoms with Gasteiger partial charge in [-0.3, -0.25) is 0 Å². The summed E-state index contributed by atoms with van der Waals surface area (Å²) in [5.41, 5.74) is 2.21. The summed E-state index contributed by atoms with van der Waals surface area (Å²) in [4.78, 5) is 3.32. The molecule has 1 heterocycles. The third-order valence-corrected chi connectivity index (χ3v) is 4.54. The molecule has 0 amide bonds. The van der Waals surface area contributed by atoms with Crippen LogP contribution in [0.1, 0.15) is 39.0 Å². The number of para-hydroxylation sites is 1. The zero-order chi connectivity index (χ0) is 13.9. The number of hydrogen-bond donors (Lipinski definition) is 1. The highest BCUT2D eigenvalue weighted by Gasteiger charge is 2.18. The number of imidazole rings is 1. The van der Waals surface area contributed by atoms with Gasteiger partial charge in [-0.2, -0.15) is 0 Å². The van der Waals surface area contributed by atoms with Crippen molar-refractivity contribution in [2.45, 2.75) is 45.6 Å². The normalized spacial score (nSPS) is 15.4. The smallest absolute Gasteiger partial charge is 0.178 e. The molecule has 1 N–H and O–H groups in total. The Labute approximate surface area is 125 Å². The molecule has 1 aliphatic carbocycles. The summed E-state index contributed by atoms with van der Waals surface area (Å²) in [7, 11) is 0. The number of fused-ring (bicyclic) bond motifs is 1. The zero-order valence-electron chi connectivity index (χ0n) is 12.0. The second kappa shape index (κ2) is 6.00. The van der Waals surface area contributed by atoms with Gasteiger partial charge in [0.2, 0.25) is 0 Å². The minimum Gasteiger partial charge on any atom is -0.491 e. The van der Waals surface area contributed by atoms with Gasteiger partial charge in [0.1, 0.15) is 11.3 Å². The van der Waals surface area contributed by atoms with E-state index in [1.807, 2.05) is 6.07 Å². The molecule has 20 heavy (non-hydrogen) atoms. The van der Waals surface area contributed by atoms with E-state index in [-0.39, 0.29) is 0 Å². The molecule has 1 aliphatic rings. The summed E-state index contributed by atoms with van der Waals surface area (Å²) in [5.74, 6) is 1.82. The van der Waals surface area contributed by atoms with Crippen molar-refractivity contribution in [1.82, 2.24) is 9.55 Å². The average Bonchev–Trinajstić information content (AvgIpc) is 2.72. The van der Waals surface area contributed by atoms with Crippen LogP contribution in [-0.4, -0.2) is 16.2 Å². The monoisotopic (exact) mass is 290 g/mol. The van der Waals surface area contributed by atoms with Crippen molar-refractivity contribution in [3.63, 3.8) is 0 Å². The second-order valence-corrected chi connectivity index (χ2v) is 6.05. The Morgan fingerprint density at radius 3 is 2.95 bits per heavy atom. The number of nitrogens with zero attached hydrogens (tertiary/aromatic N) is 1. The summed E-state index contributed by atoms with van der Waals surface area (Å²) in [6.07, 6.45) is 6.43. The minimum atomic E-state index is 0.743. The second-order valence-electron chi connectivity index (χ2n) is 5.67. The van der Waals surface area contributed by atoms with Crippen LogP contribution in [0.3, 0.4) is 0 Å². The van der Waals surface area contributed by atoms with Crippen molar-refractivity contribution in [3.05, 3.63) is 23.0 Å². The maximum atomic E-state index is 5.80. The van der Waals surface area contributed by atoms with Crippen LogP contribution in [0, 0.1) is 10.7 Å². The maximum Gasteiger partial charge on any atom is 0.178 e. The van der Waals surface area contributed by atoms with Gasteiger partial charge in [0.05, 0.1) is 12.1 Å². The largest absolute Gasteiger partial charge is 0.491 e. The Morgan fingerprint density at radius 2 is 2.25 bits per heavy atom. The molecule has 0 radical (unpaired) electrons. The van der Waals surface area contributed by atoms with Gasteiger partial charge in [0.15, 0.2) is 4.77 Å². The highest BCUT2D eigenvalue weighted by Crippen LogP contribution is 2.31. The molecule has 3 rings (SSSR count). The average molecular weight is 290 g/mol. The van der Waals surface area contributed by atoms with Gasteiger partial charge in [-0.05, 0) is 43.1 Å². The standard InChI is InChI=1S/C16H22N2OS/c1-2-11-19-14-8-4-7-13-15(14)17-16(20)18(13)10-9-12-5-3-6-12/h4,7-8,12H,2-3,5-6,9-11H2,1H3,(H,17,20). The molecule has 0 unspecified atom stereocenters. The van der Waals surface area contributed by atoms with E-state index in [1.165, 1.54) is 31.2 Å². The van der Waals surface area contributed by atoms with E-state index in [0.717, 1.165) is 41.5 Å². The minimum absolute atomic E-state index is 0.743. The highest BCUT2D eigenvalue weighted by molar-refractivity contribution is 7.71. The van der Waals surface area contributed by atoms with Crippen LogP contribution in [0.4, 0.5) is 0 Å². The molecular formula is C16H22N2OS. The van der Waals surface area contributed by atoms with Crippen molar-refractivity contribution in [1.29, 1.82) is 0 Å². The molecule has 1 aromatic carbocycles. The number of aromatic amines is 1. The quantitative estimate of drug-likeness (QED) is 0.783. The Kier molecular flexibility index (Phi) is 4.10. The van der Waals surface area contributed by atoms with E-state index in [0.29, 0.717) is 0 Å². The molecular weight excluding hydrogens is 268 g/mol. The van der Waals surface area contributed by atoms with Crippen LogP contribution in [0.15, 0.2) is 18.2 Å². The van der Waals surface area contributed by atoms with Crippen LogP contribution in [0.2, 0.25) is 0 Å². The van der Waals surface area contributed by atoms with Crippen molar-refractivity contribution < 1.29 is 4.74 Å². The molecule has 0 saturated heterocycles. The highest BCUT2D eigenvalue weighted by atomic mass is 32.1. The van der Waals surface area contributed by atoms with Gasteiger partial charge in [-0.15, -0.1) is 0 Å². The number of nitrogens with one attached hydrogen (secondary N) is 1. The molecule has 0 spiro atoms. The molecule has 0 atom stereocenters. The predicted octanol–water partition coefficient (Wildman–Crippen LogP) is 4.68. The first-order valence-corrected chi connectivity index (χ1v) is 8.04. The lowest BCUT2D eigenvalue weighted by atomic mass is 9.83. The Morgan fingerprint density at radius 1 is 1.40 bits per heavy atom. The van der Waals surface area contributed by atoms with Crippen LogP contribution in [0.25, 0.3) is 11.0 Å². The van der Waals surface area contributed by atoms with E-state index in [9.17, 15) is 0 Å². The van der Waals surface area contributed by atoms with Crippen LogP contribution in [-0.2, 0) is 6.54 Å². The lowest BCUT2D eigenvalue weighted by Crippen LogP contribution is -2.13. The SMILES string of the molecule is CCCOc1cccc2c1[nH]c(=S)n2CCC1CCC1. The van der Waals surface area contributed by atoms with Crippen LogP contribution >= 0.6 is 12.2 Å². The van der Waals surface area contributed by atoms with E-state index >= 15 is 0 Å². The van der Waals surface area contributed by atoms with Crippen molar-refractivity contribution in [3.8, 4) is 5.75 Å². The fourth-order valence-electron chi connectivity index (χ4n) is 2.80. The summed E-state index contributed by atoms with van der Waals surface area (Å²) in [6, 6.07) is 6.19.